The third-order valence-corrected chi connectivity index (χ3v) is 3.34. The van der Waals surface area contributed by atoms with Gasteiger partial charge < -0.3 is 19.6 Å². The summed E-state index contributed by atoms with van der Waals surface area (Å²) in [4.78, 5) is 0. The van der Waals surface area contributed by atoms with Crippen LogP contribution in [0.25, 0.3) is 0 Å². The summed E-state index contributed by atoms with van der Waals surface area (Å²) in [6.07, 6.45) is 0.158. The van der Waals surface area contributed by atoms with E-state index < -0.39 is 5.60 Å². The van der Waals surface area contributed by atoms with E-state index in [1.54, 1.807) is 6.92 Å². The quantitative estimate of drug-likeness (QED) is 0.823. The lowest BCUT2D eigenvalue weighted by Crippen LogP contribution is -2.34. The number of furan rings is 1. The number of rotatable bonds is 7. The number of hydrogen-bond donors (Lipinski definition) is 2. The summed E-state index contributed by atoms with van der Waals surface area (Å²) in [5.74, 6) is 2.24. The molecule has 1 atom stereocenters. The van der Waals surface area contributed by atoms with E-state index in [2.05, 4.69) is 5.32 Å². The zero-order valence-electron chi connectivity index (χ0n) is 13.7. The van der Waals surface area contributed by atoms with Crippen LogP contribution in [0.3, 0.4) is 0 Å². The van der Waals surface area contributed by atoms with Crippen molar-refractivity contribution in [2.24, 2.45) is 0 Å². The molecule has 0 aliphatic heterocycles. The van der Waals surface area contributed by atoms with E-state index in [9.17, 15) is 5.11 Å². The fourth-order valence-electron chi connectivity index (χ4n) is 2.26. The van der Waals surface area contributed by atoms with Gasteiger partial charge in [0, 0.05) is 13.1 Å². The Morgan fingerprint density at radius 2 is 2.05 bits per heavy atom. The molecule has 0 aliphatic rings. The van der Waals surface area contributed by atoms with Crippen LogP contribution in [-0.4, -0.2) is 17.8 Å². The molecule has 2 rings (SSSR count). The van der Waals surface area contributed by atoms with E-state index in [-0.39, 0.29) is 6.10 Å². The Kier molecular flexibility index (Phi) is 5.27. The summed E-state index contributed by atoms with van der Waals surface area (Å²) >= 11 is 0. The Morgan fingerprint density at radius 1 is 1.27 bits per heavy atom. The molecule has 4 heteroatoms. The average Bonchev–Trinajstić information content (AvgIpc) is 2.86. The molecule has 2 aromatic rings. The zero-order valence-corrected chi connectivity index (χ0v) is 13.7. The topological polar surface area (TPSA) is 54.6 Å². The van der Waals surface area contributed by atoms with Crippen molar-refractivity contribution in [2.75, 3.05) is 6.54 Å². The lowest BCUT2D eigenvalue weighted by Gasteiger charge is -2.21. The van der Waals surface area contributed by atoms with Crippen LogP contribution in [0.1, 0.15) is 37.9 Å². The predicted molar refractivity (Wildman–Crippen MR) is 86.9 cm³/mol. The van der Waals surface area contributed by atoms with Crippen LogP contribution in [0, 0.1) is 6.92 Å². The molecular weight excluding hydrogens is 278 g/mol. The van der Waals surface area contributed by atoms with E-state index in [1.807, 2.05) is 57.2 Å². The lowest BCUT2D eigenvalue weighted by atomic mass is 10.0. The molecule has 0 radical (unpaired) electrons. The molecule has 0 saturated carbocycles. The van der Waals surface area contributed by atoms with Crippen molar-refractivity contribution in [3.05, 3.63) is 53.5 Å². The number of benzene rings is 1. The van der Waals surface area contributed by atoms with E-state index in [0.29, 0.717) is 18.8 Å². The SMILES string of the molecule is Cc1ccc(C(C)(O)CNCc2cccc(OC(C)C)c2)o1. The summed E-state index contributed by atoms with van der Waals surface area (Å²) in [5.41, 5.74) is 0.0879. The summed E-state index contributed by atoms with van der Waals surface area (Å²) in [6, 6.07) is 11.6. The number of aryl methyl sites for hydroxylation is 1. The first-order chi connectivity index (χ1) is 10.4. The molecule has 4 nitrogen and oxygen atoms in total. The second-order valence-corrected chi connectivity index (χ2v) is 6.10. The third-order valence-electron chi connectivity index (χ3n) is 3.34. The lowest BCUT2D eigenvalue weighted by molar-refractivity contribution is 0.0333. The summed E-state index contributed by atoms with van der Waals surface area (Å²) in [5, 5.41) is 13.7. The van der Waals surface area contributed by atoms with E-state index in [4.69, 9.17) is 9.15 Å². The van der Waals surface area contributed by atoms with Crippen LogP contribution in [0.15, 0.2) is 40.8 Å². The van der Waals surface area contributed by atoms with Crippen LogP contribution in [0.5, 0.6) is 5.75 Å². The van der Waals surface area contributed by atoms with Crippen molar-refractivity contribution in [3.8, 4) is 5.75 Å². The highest BCUT2D eigenvalue weighted by molar-refractivity contribution is 5.28. The second-order valence-electron chi connectivity index (χ2n) is 6.10. The molecular formula is C18H25NO3. The van der Waals surface area contributed by atoms with Gasteiger partial charge in [-0.3, -0.25) is 0 Å². The van der Waals surface area contributed by atoms with Crippen LogP contribution in [-0.2, 0) is 12.1 Å². The maximum atomic E-state index is 10.5. The molecule has 0 bridgehead atoms. The molecule has 1 aromatic carbocycles. The Morgan fingerprint density at radius 3 is 2.68 bits per heavy atom. The van der Waals surface area contributed by atoms with Crippen molar-refractivity contribution in [3.63, 3.8) is 0 Å². The van der Waals surface area contributed by atoms with E-state index in [0.717, 1.165) is 17.1 Å². The number of ether oxygens (including phenoxy) is 1. The maximum absolute atomic E-state index is 10.5. The molecule has 0 amide bonds. The highest BCUT2D eigenvalue weighted by Crippen LogP contribution is 2.22. The van der Waals surface area contributed by atoms with Crippen molar-refractivity contribution >= 4 is 0 Å². The van der Waals surface area contributed by atoms with Crippen molar-refractivity contribution in [1.29, 1.82) is 0 Å². The molecule has 1 heterocycles. The van der Waals surface area contributed by atoms with E-state index >= 15 is 0 Å². The Labute approximate surface area is 132 Å². The van der Waals surface area contributed by atoms with Crippen molar-refractivity contribution in [2.45, 2.75) is 45.9 Å². The minimum Gasteiger partial charge on any atom is -0.491 e. The van der Waals surface area contributed by atoms with Crippen LogP contribution in [0.2, 0.25) is 0 Å². The Bertz CT molecular complexity index is 602. The standard InChI is InChI=1S/C18H25NO3/c1-13(2)21-16-7-5-6-15(10-16)11-19-12-18(4,20)17-9-8-14(3)22-17/h5-10,13,19-20H,11-12H2,1-4H3. The van der Waals surface area contributed by atoms with Gasteiger partial charge in [0.15, 0.2) is 0 Å². The van der Waals surface area contributed by atoms with Crippen molar-refractivity contribution in [1.82, 2.24) is 5.32 Å². The van der Waals surface area contributed by atoms with Crippen LogP contribution in [0.4, 0.5) is 0 Å². The summed E-state index contributed by atoms with van der Waals surface area (Å²) in [6.45, 7) is 8.70. The smallest absolute Gasteiger partial charge is 0.136 e. The normalized spacial score (nSPS) is 14.1. The van der Waals surface area contributed by atoms with Gasteiger partial charge in [-0.2, -0.15) is 0 Å². The van der Waals surface area contributed by atoms with Crippen LogP contribution >= 0.6 is 0 Å². The molecule has 22 heavy (non-hydrogen) atoms. The fourth-order valence-corrected chi connectivity index (χ4v) is 2.26. The van der Waals surface area contributed by atoms with Gasteiger partial charge in [0.1, 0.15) is 22.9 Å². The van der Waals surface area contributed by atoms with Gasteiger partial charge in [0.2, 0.25) is 0 Å². The largest absolute Gasteiger partial charge is 0.491 e. The molecule has 0 fully saturated rings. The second kappa shape index (κ2) is 6.99. The highest BCUT2D eigenvalue weighted by Gasteiger charge is 2.26. The predicted octanol–water partition coefficient (Wildman–Crippen LogP) is 3.37. The minimum atomic E-state index is -1.03. The first kappa shape index (κ1) is 16.6. The van der Waals surface area contributed by atoms with Crippen molar-refractivity contribution < 1.29 is 14.3 Å². The molecule has 0 spiro atoms. The first-order valence-electron chi connectivity index (χ1n) is 7.62. The van der Waals surface area contributed by atoms with E-state index in [1.165, 1.54) is 0 Å². The first-order valence-corrected chi connectivity index (χ1v) is 7.62. The van der Waals surface area contributed by atoms with Gasteiger partial charge in [0.05, 0.1) is 6.10 Å². The van der Waals surface area contributed by atoms with Gasteiger partial charge in [0.25, 0.3) is 0 Å². The molecule has 1 unspecified atom stereocenters. The average molecular weight is 303 g/mol. The molecule has 0 aliphatic carbocycles. The minimum absolute atomic E-state index is 0.158. The number of aliphatic hydroxyl groups is 1. The monoisotopic (exact) mass is 303 g/mol. The van der Waals surface area contributed by atoms with Gasteiger partial charge in [-0.15, -0.1) is 0 Å². The zero-order chi connectivity index (χ0) is 16.2. The Hall–Kier alpha value is -1.78. The summed E-state index contributed by atoms with van der Waals surface area (Å²) < 4.78 is 11.2. The number of nitrogens with one attached hydrogen (secondary N) is 1. The molecule has 120 valence electrons. The third kappa shape index (κ3) is 4.61. The Balaban J connectivity index is 1.90. The maximum Gasteiger partial charge on any atom is 0.136 e. The molecule has 2 N–H and O–H groups in total. The van der Waals surface area contributed by atoms with Gasteiger partial charge in [-0.05, 0) is 57.5 Å². The highest BCUT2D eigenvalue weighted by atomic mass is 16.5. The molecule has 0 saturated heterocycles. The van der Waals surface area contributed by atoms with Gasteiger partial charge in [-0.25, -0.2) is 0 Å². The summed E-state index contributed by atoms with van der Waals surface area (Å²) in [7, 11) is 0. The fraction of sp³-hybridized carbons (Fsp3) is 0.444. The van der Waals surface area contributed by atoms with Gasteiger partial charge in [-0.1, -0.05) is 12.1 Å². The van der Waals surface area contributed by atoms with Crippen LogP contribution < -0.4 is 10.1 Å². The number of hydrogen-bond acceptors (Lipinski definition) is 4. The molecule has 1 aromatic heterocycles. The van der Waals surface area contributed by atoms with Gasteiger partial charge >= 0.3 is 0 Å².